The molecule has 1 aromatic carbocycles. The Bertz CT molecular complexity index is 520. The number of carboxylic acids is 1. The molecular weight excluding hydrogens is 284 g/mol. The quantitative estimate of drug-likeness (QED) is 0.690. The third kappa shape index (κ3) is 6.03. The Labute approximate surface area is 118 Å². The van der Waals surface area contributed by atoms with Gasteiger partial charge >= 0.3 is 5.97 Å². The SMILES string of the molecule is COCCCS(=O)(=O)CCOc1ccc(C(=O)O)cc1. The fourth-order valence-electron chi connectivity index (χ4n) is 1.51. The van der Waals surface area contributed by atoms with Crippen molar-refractivity contribution in [3.8, 4) is 5.75 Å². The molecule has 0 radical (unpaired) electrons. The fourth-order valence-corrected chi connectivity index (χ4v) is 2.60. The molecule has 0 spiro atoms. The summed E-state index contributed by atoms with van der Waals surface area (Å²) in [5, 5.41) is 8.73. The minimum atomic E-state index is -3.14. The van der Waals surface area contributed by atoms with Crippen LogP contribution in [-0.4, -0.2) is 51.3 Å². The molecule has 0 atom stereocenters. The van der Waals surface area contributed by atoms with Gasteiger partial charge in [0.05, 0.1) is 17.1 Å². The zero-order chi connectivity index (χ0) is 15.0. The van der Waals surface area contributed by atoms with E-state index in [1.807, 2.05) is 0 Å². The smallest absolute Gasteiger partial charge is 0.335 e. The van der Waals surface area contributed by atoms with Gasteiger partial charge in [-0.2, -0.15) is 0 Å². The number of carboxylic acid groups (broad SMARTS) is 1. The highest BCUT2D eigenvalue weighted by Gasteiger charge is 2.11. The van der Waals surface area contributed by atoms with E-state index in [1.165, 1.54) is 31.4 Å². The van der Waals surface area contributed by atoms with E-state index >= 15 is 0 Å². The van der Waals surface area contributed by atoms with E-state index in [0.29, 0.717) is 18.8 Å². The number of carbonyl (C=O) groups is 1. The number of benzene rings is 1. The number of aromatic carboxylic acids is 1. The first-order valence-corrected chi connectivity index (χ1v) is 7.92. The molecule has 6 nitrogen and oxygen atoms in total. The third-order valence-electron chi connectivity index (χ3n) is 2.57. The molecule has 0 amide bonds. The highest BCUT2D eigenvalue weighted by molar-refractivity contribution is 7.91. The molecule has 20 heavy (non-hydrogen) atoms. The van der Waals surface area contributed by atoms with Gasteiger partial charge in [0.15, 0.2) is 9.84 Å². The molecular formula is C13H18O6S. The molecule has 0 aliphatic carbocycles. The lowest BCUT2D eigenvalue weighted by Crippen LogP contribution is -2.18. The lowest BCUT2D eigenvalue weighted by atomic mass is 10.2. The van der Waals surface area contributed by atoms with Crippen molar-refractivity contribution in [3.05, 3.63) is 29.8 Å². The summed E-state index contributed by atoms with van der Waals surface area (Å²) in [5.41, 5.74) is 0.157. The minimum Gasteiger partial charge on any atom is -0.493 e. The predicted molar refractivity (Wildman–Crippen MR) is 74.0 cm³/mol. The average molecular weight is 302 g/mol. The molecule has 0 heterocycles. The van der Waals surface area contributed by atoms with Crippen molar-refractivity contribution in [1.82, 2.24) is 0 Å². The number of sulfone groups is 1. The van der Waals surface area contributed by atoms with E-state index in [0.717, 1.165) is 0 Å². The lowest BCUT2D eigenvalue weighted by Gasteiger charge is -2.07. The summed E-state index contributed by atoms with van der Waals surface area (Å²) in [6, 6.07) is 5.82. The van der Waals surface area contributed by atoms with Crippen molar-refractivity contribution >= 4 is 15.8 Å². The van der Waals surface area contributed by atoms with Crippen LogP contribution in [0.2, 0.25) is 0 Å². The topological polar surface area (TPSA) is 89.9 Å². The van der Waals surface area contributed by atoms with Gasteiger partial charge in [0.25, 0.3) is 0 Å². The molecule has 0 aliphatic rings. The van der Waals surface area contributed by atoms with Gasteiger partial charge in [-0.3, -0.25) is 0 Å². The first-order chi connectivity index (χ1) is 9.44. The van der Waals surface area contributed by atoms with Crippen molar-refractivity contribution in [3.63, 3.8) is 0 Å². The second-order valence-electron chi connectivity index (χ2n) is 4.18. The molecule has 112 valence electrons. The Hall–Kier alpha value is -1.60. The summed E-state index contributed by atoms with van der Waals surface area (Å²) in [7, 11) is -1.62. The summed E-state index contributed by atoms with van der Waals surface area (Å²) in [6.45, 7) is 0.457. The van der Waals surface area contributed by atoms with Gasteiger partial charge in [-0.1, -0.05) is 0 Å². The molecule has 0 bridgehead atoms. The van der Waals surface area contributed by atoms with Crippen LogP contribution in [0.15, 0.2) is 24.3 Å². The Morgan fingerprint density at radius 1 is 1.15 bits per heavy atom. The van der Waals surface area contributed by atoms with Crippen molar-refractivity contribution in [2.75, 3.05) is 31.8 Å². The highest BCUT2D eigenvalue weighted by atomic mass is 32.2. The molecule has 0 fully saturated rings. The first-order valence-electron chi connectivity index (χ1n) is 6.10. The largest absolute Gasteiger partial charge is 0.493 e. The van der Waals surface area contributed by atoms with Crippen LogP contribution in [0.1, 0.15) is 16.8 Å². The van der Waals surface area contributed by atoms with E-state index in [9.17, 15) is 13.2 Å². The molecule has 0 aliphatic heterocycles. The van der Waals surface area contributed by atoms with Gasteiger partial charge < -0.3 is 14.6 Å². The molecule has 0 saturated carbocycles. The average Bonchev–Trinajstić information content (AvgIpc) is 2.39. The Kier molecular flexibility index (Phi) is 6.47. The van der Waals surface area contributed by atoms with E-state index in [2.05, 4.69) is 0 Å². The molecule has 1 rings (SSSR count). The molecule has 0 unspecified atom stereocenters. The van der Waals surface area contributed by atoms with E-state index in [-0.39, 0.29) is 23.7 Å². The molecule has 7 heteroatoms. The van der Waals surface area contributed by atoms with Crippen LogP contribution in [0.5, 0.6) is 5.75 Å². The summed E-state index contributed by atoms with van der Waals surface area (Å²) < 4.78 is 33.3. The molecule has 1 N–H and O–H groups in total. The fraction of sp³-hybridized carbons (Fsp3) is 0.462. The van der Waals surface area contributed by atoms with Crippen LogP contribution < -0.4 is 4.74 Å². The van der Waals surface area contributed by atoms with Gasteiger partial charge in [0, 0.05) is 13.7 Å². The highest BCUT2D eigenvalue weighted by Crippen LogP contribution is 2.12. The maximum Gasteiger partial charge on any atom is 0.335 e. The van der Waals surface area contributed by atoms with Crippen molar-refractivity contribution in [1.29, 1.82) is 0 Å². The third-order valence-corrected chi connectivity index (χ3v) is 4.27. The van der Waals surface area contributed by atoms with Crippen LogP contribution >= 0.6 is 0 Å². The van der Waals surface area contributed by atoms with Gasteiger partial charge in [0.2, 0.25) is 0 Å². The Morgan fingerprint density at radius 2 is 1.80 bits per heavy atom. The van der Waals surface area contributed by atoms with Crippen LogP contribution in [0.4, 0.5) is 0 Å². The first kappa shape index (κ1) is 16.5. The van der Waals surface area contributed by atoms with Gasteiger partial charge in [-0.15, -0.1) is 0 Å². The maximum atomic E-state index is 11.6. The lowest BCUT2D eigenvalue weighted by molar-refractivity contribution is 0.0697. The van der Waals surface area contributed by atoms with Crippen molar-refractivity contribution < 1.29 is 27.8 Å². The summed E-state index contributed by atoms with van der Waals surface area (Å²) >= 11 is 0. The van der Waals surface area contributed by atoms with Crippen LogP contribution in [0.25, 0.3) is 0 Å². The maximum absolute atomic E-state index is 11.6. The molecule has 0 saturated heterocycles. The Balaban J connectivity index is 2.38. The summed E-state index contributed by atoms with van der Waals surface area (Å²) in [6.07, 6.45) is 0.464. The zero-order valence-electron chi connectivity index (χ0n) is 11.2. The number of hydrogen-bond acceptors (Lipinski definition) is 5. The second kappa shape index (κ2) is 7.86. The van der Waals surface area contributed by atoms with Crippen LogP contribution in [0.3, 0.4) is 0 Å². The van der Waals surface area contributed by atoms with Gasteiger partial charge in [-0.05, 0) is 30.7 Å². The van der Waals surface area contributed by atoms with E-state index in [4.69, 9.17) is 14.6 Å². The summed E-state index contributed by atoms with van der Waals surface area (Å²) in [4.78, 5) is 10.7. The summed E-state index contributed by atoms with van der Waals surface area (Å²) in [5.74, 6) is -0.570. The van der Waals surface area contributed by atoms with E-state index in [1.54, 1.807) is 0 Å². The number of methoxy groups -OCH3 is 1. The van der Waals surface area contributed by atoms with Crippen molar-refractivity contribution in [2.45, 2.75) is 6.42 Å². The molecule has 0 aromatic heterocycles. The normalized spacial score (nSPS) is 11.2. The monoisotopic (exact) mass is 302 g/mol. The number of rotatable bonds is 9. The predicted octanol–water partition coefficient (Wildman–Crippen LogP) is 1.21. The Morgan fingerprint density at radius 3 is 2.35 bits per heavy atom. The van der Waals surface area contributed by atoms with Gasteiger partial charge in [-0.25, -0.2) is 13.2 Å². The second-order valence-corrected chi connectivity index (χ2v) is 6.48. The van der Waals surface area contributed by atoms with E-state index < -0.39 is 15.8 Å². The number of hydrogen-bond donors (Lipinski definition) is 1. The van der Waals surface area contributed by atoms with Gasteiger partial charge in [0.1, 0.15) is 12.4 Å². The number of ether oxygens (including phenoxy) is 2. The zero-order valence-corrected chi connectivity index (χ0v) is 12.1. The van der Waals surface area contributed by atoms with Crippen LogP contribution in [-0.2, 0) is 14.6 Å². The van der Waals surface area contributed by atoms with Crippen LogP contribution in [0, 0.1) is 0 Å². The molecule has 1 aromatic rings. The minimum absolute atomic E-state index is 0.0434. The standard InChI is InChI=1S/C13H18O6S/c1-18-7-2-9-20(16,17)10-8-19-12-5-3-11(4-6-12)13(14)15/h3-6H,2,7-10H2,1H3,(H,14,15). The van der Waals surface area contributed by atoms with Crippen molar-refractivity contribution in [2.24, 2.45) is 0 Å².